The van der Waals surface area contributed by atoms with Crippen molar-refractivity contribution < 1.29 is 27.6 Å². The molecule has 1 atom stereocenters. The molecule has 1 aliphatic heterocycles. The van der Waals surface area contributed by atoms with E-state index in [1.54, 1.807) is 30.5 Å². The molecule has 3 aromatic heterocycles. The number of nitrogens with one attached hydrogen (secondary N) is 2. The molecule has 42 heavy (non-hydrogen) atoms. The maximum Gasteiger partial charge on any atom is 0.417 e. The molecular weight excluding hydrogens is 596 g/mol. The van der Waals surface area contributed by atoms with E-state index in [-0.39, 0.29) is 45.8 Å². The lowest BCUT2D eigenvalue weighted by atomic mass is 10.1. The summed E-state index contributed by atoms with van der Waals surface area (Å²) < 4.78 is 38.4. The van der Waals surface area contributed by atoms with Gasteiger partial charge in [-0.1, -0.05) is 35.3 Å². The number of carbonyl (C=O) groups is 3. The minimum absolute atomic E-state index is 0.00223. The third-order valence-electron chi connectivity index (χ3n) is 6.35. The molecule has 0 saturated carbocycles. The average Bonchev–Trinajstić information content (AvgIpc) is 3.03. The Kier molecular flexibility index (Phi) is 8.10. The molecule has 0 radical (unpaired) electrons. The minimum Gasteiger partial charge on any atom is -0.322 e. The number of fused-ring (bicyclic) bond motifs is 1. The molecule has 214 valence electrons. The van der Waals surface area contributed by atoms with Gasteiger partial charge in [-0.15, -0.1) is 0 Å². The molecule has 0 unspecified atom stereocenters. The number of nitrogens with zero attached hydrogens (tertiary/aromatic N) is 4. The van der Waals surface area contributed by atoms with Crippen LogP contribution in [0.2, 0.25) is 10.0 Å². The fourth-order valence-corrected chi connectivity index (χ4v) is 4.75. The Morgan fingerprint density at radius 1 is 1.00 bits per heavy atom. The van der Waals surface area contributed by atoms with Crippen LogP contribution in [0, 0.1) is 0 Å². The summed E-state index contributed by atoms with van der Waals surface area (Å²) in [5.74, 6) is -1.81. The van der Waals surface area contributed by atoms with Crippen LogP contribution in [0.5, 0.6) is 0 Å². The third-order valence-corrected chi connectivity index (χ3v) is 6.87. The average molecular weight is 615 g/mol. The summed E-state index contributed by atoms with van der Waals surface area (Å²) in [7, 11) is 0. The van der Waals surface area contributed by atoms with Crippen LogP contribution in [0.1, 0.15) is 37.7 Å². The lowest BCUT2D eigenvalue weighted by Crippen LogP contribution is -2.46. The van der Waals surface area contributed by atoms with Crippen LogP contribution >= 0.6 is 23.2 Å². The van der Waals surface area contributed by atoms with E-state index in [1.165, 1.54) is 29.3 Å². The number of benzene rings is 1. The van der Waals surface area contributed by atoms with Gasteiger partial charge in [-0.25, -0.2) is 9.97 Å². The Hall–Kier alpha value is -4.55. The number of amides is 3. The van der Waals surface area contributed by atoms with Crippen molar-refractivity contribution in [1.82, 2.24) is 19.9 Å². The van der Waals surface area contributed by atoms with E-state index in [0.717, 1.165) is 12.1 Å². The summed E-state index contributed by atoms with van der Waals surface area (Å²) in [6, 6.07) is 11.9. The highest BCUT2D eigenvalue weighted by atomic mass is 35.5. The van der Waals surface area contributed by atoms with Gasteiger partial charge in [-0.2, -0.15) is 13.2 Å². The van der Waals surface area contributed by atoms with Crippen LogP contribution in [0.3, 0.4) is 0 Å². The van der Waals surface area contributed by atoms with Gasteiger partial charge in [0.1, 0.15) is 11.9 Å². The molecule has 0 bridgehead atoms. The Balaban J connectivity index is 1.40. The molecule has 9 nitrogen and oxygen atoms in total. The molecule has 4 aromatic rings. The third kappa shape index (κ3) is 6.34. The predicted octanol–water partition coefficient (Wildman–Crippen LogP) is 5.66. The number of carbonyl (C=O) groups excluding carboxylic acids is 3. The molecule has 1 aliphatic rings. The highest BCUT2D eigenvalue weighted by Crippen LogP contribution is 2.30. The molecule has 2 N–H and O–H groups in total. The summed E-state index contributed by atoms with van der Waals surface area (Å²) in [4.78, 5) is 53.2. The molecular formula is C28H19Cl2F3N6O3. The van der Waals surface area contributed by atoms with Crippen LogP contribution in [-0.2, 0) is 23.9 Å². The first-order chi connectivity index (χ1) is 20.0. The summed E-state index contributed by atoms with van der Waals surface area (Å²) in [5, 5.41) is 5.38. The van der Waals surface area contributed by atoms with Crippen molar-refractivity contribution in [3.8, 4) is 0 Å². The smallest absolute Gasteiger partial charge is 0.322 e. The Morgan fingerprint density at radius 2 is 1.81 bits per heavy atom. The van der Waals surface area contributed by atoms with E-state index in [2.05, 4.69) is 25.6 Å². The highest BCUT2D eigenvalue weighted by Gasteiger charge is 2.37. The van der Waals surface area contributed by atoms with Crippen molar-refractivity contribution in [2.75, 3.05) is 10.6 Å². The van der Waals surface area contributed by atoms with E-state index in [9.17, 15) is 27.6 Å². The van der Waals surface area contributed by atoms with Crippen molar-refractivity contribution in [3.63, 3.8) is 0 Å². The molecule has 4 heterocycles. The molecule has 14 heteroatoms. The van der Waals surface area contributed by atoms with Gasteiger partial charge in [0.15, 0.2) is 5.69 Å². The quantitative estimate of drug-likeness (QED) is 0.290. The second kappa shape index (κ2) is 11.7. The predicted molar refractivity (Wildman–Crippen MR) is 148 cm³/mol. The number of alkyl halides is 3. The number of rotatable bonds is 6. The summed E-state index contributed by atoms with van der Waals surface area (Å²) in [6.45, 7) is -0.0738. The van der Waals surface area contributed by atoms with Gasteiger partial charge in [0, 0.05) is 37.3 Å². The zero-order valence-electron chi connectivity index (χ0n) is 21.3. The highest BCUT2D eigenvalue weighted by molar-refractivity contribution is 6.34. The lowest BCUT2D eigenvalue weighted by molar-refractivity contribution is -0.137. The van der Waals surface area contributed by atoms with Crippen LogP contribution in [0.15, 0.2) is 73.2 Å². The summed E-state index contributed by atoms with van der Waals surface area (Å²) >= 11 is 12.5. The van der Waals surface area contributed by atoms with Crippen LogP contribution in [-0.4, -0.2) is 43.6 Å². The molecule has 0 fully saturated rings. The fraction of sp³-hybridized carbons (Fsp3) is 0.143. The maximum absolute atomic E-state index is 13.7. The second-order valence-corrected chi connectivity index (χ2v) is 10.1. The Morgan fingerprint density at radius 3 is 2.48 bits per heavy atom. The number of aromatic nitrogens is 3. The molecule has 0 spiro atoms. The first kappa shape index (κ1) is 29.0. The fourth-order valence-electron chi connectivity index (χ4n) is 4.30. The molecule has 1 aromatic carbocycles. The number of hydrogen-bond acceptors (Lipinski definition) is 6. The van der Waals surface area contributed by atoms with Gasteiger partial charge in [-0.05, 0) is 48.0 Å². The number of hydrogen-bond donors (Lipinski definition) is 2. The van der Waals surface area contributed by atoms with Gasteiger partial charge < -0.3 is 15.5 Å². The van der Waals surface area contributed by atoms with E-state index in [0.29, 0.717) is 17.5 Å². The van der Waals surface area contributed by atoms with Crippen molar-refractivity contribution >= 4 is 52.4 Å². The van der Waals surface area contributed by atoms with Gasteiger partial charge in [0.05, 0.1) is 26.9 Å². The van der Waals surface area contributed by atoms with Crippen LogP contribution < -0.4 is 10.6 Å². The molecule has 0 aliphatic carbocycles. The van der Waals surface area contributed by atoms with E-state index in [1.807, 2.05) is 0 Å². The lowest BCUT2D eigenvalue weighted by Gasteiger charge is -2.28. The van der Waals surface area contributed by atoms with E-state index in [4.69, 9.17) is 23.2 Å². The molecule has 3 amide bonds. The second-order valence-electron chi connectivity index (χ2n) is 9.21. The van der Waals surface area contributed by atoms with Crippen LogP contribution in [0.4, 0.5) is 24.7 Å². The van der Waals surface area contributed by atoms with Gasteiger partial charge >= 0.3 is 6.18 Å². The SMILES string of the molecule is O=C(Nc1ccc(C(F)(F)F)cn1)c1ccc(CN2C(=O)c3ncc(Cl)cc3NC(=O)[C@H]2Cc2ccccn2)cc1Cl. The van der Waals surface area contributed by atoms with Crippen molar-refractivity contribution in [1.29, 1.82) is 0 Å². The van der Waals surface area contributed by atoms with Crippen molar-refractivity contribution in [2.45, 2.75) is 25.2 Å². The van der Waals surface area contributed by atoms with Crippen molar-refractivity contribution in [3.05, 3.63) is 111 Å². The molecule has 5 rings (SSSR count). The molecule has 0 saturated heterocycles. The number of anilines is 2. The van der Waals surface area contributed by atoms with Gasteiger partial charge in [0.25, 0.3) is 11.8 Å². The zero-order chi connectivity index (χ0) is 30.0. The normalized spacial score (nSPS) is 15.1. The first-order valence-electron chi connectivity index (χ1n) is 12.3. The minimum atomic E-state index is -4.56. The Bertz CT molecular complexity index is 1670. The largest absolute Gasteiger partial charge is 0.417 e. The number of halogens is 5. The first-order valence-corrected chi connectivity index (χ1v) is 13.1. The monoisotopic (exact) mass is 614 g/mol. The van der Waals surface area contributed by atoms with Crippen LogP contribution in [0.25, 0.3) is 0 Å². The van der Waals surface area contributed by atoms with Gasteiger partial charge in [0.2, 0.25) is 5.91 Å². The zero-order valence-corrected chi connectivity index (χ0v) is 22.8. The number of pyridine rings is 3. The Labute approximate surface area is 246 Å². The van der Waals surface area contributed by atoms with Gasteiger partial charge in [-0.3, -0.25) is 19.4 Å². The maximum atomic E-state index is 13.7. The standard InChI is InChI=1S/C28H19Cl2F3N6O3/c29-17-10-21-24(36-13-17)27(42)39(22(26(41)37-21)11-18-3-1-2-8-34-18)14-15-4-6-19(20(30)9-15)25(40)38-23-7-5-16(12-35-23)28(31,32)33/h1-10,12-13,22H,11,14H2,(H,37,41)(H,35,38,40)/t22-/m1/s1. The summed E-state index contributed by atoms with van der Waals surface area (Å²) in [5.41, 5.74) is 0.314. The van der Waals surface area contributed by atoms with Crippen molar-refractivity contribution in [2.24, 2.45) is 0 Å². The van der Waals surface area contributed by atoms with E-state index >= 15 is 0 Å². The summed E-state index contributed by atoms with van der Waals surface area (Å²) in [6.07, 6.45) is -0.967. The topological polar surface area (TPSA) is 117 Å². The van der Waals surface area contributed by atoms with E-state index < -0.39 is 35.5 Å².